The lowest BCUT2D eigenvalue weighted by Crippen LogP contribution is -2.38. The molecule has 2 amide bonds. The number of urea groups is 1. The molecule has 0 atom stereocenters. The van der Waals surface area contributed by atoms with E-state index in [9.17, 15) is 9.59 Å². The molecule has 9 nitrogen and oxygen atoms in total. The number of carboxylic acids is 1. The maximum Gasteiger partial charge on any atom is 0.358 e. The normalized spacial score (nSPS) is 10.1. The van der Waals surface area contributed by atoms with E-state index in [1.165, 1.54) is 15.8 Å². The van der Waals surface area contributed by atoms with Crippen molar-refractivity contribution in [3.8, 4) is 0 Å². The lowest BCUT2D eigenvalue weighted by molar-refractivity contribution is 0.0690. The summed E-state index contributed by atoms with van der Waals surface area (Å²) >= 11 is 0. The van der Waals surface area contributed by atoms with Crippen LogP contribution in [0.5, 0.6) is 0 Å². The van der Waals surface area contributed by atoms with Crippen molar-refractivity contribution in [1.82, 2.24) is 25.3 Å². The molecule has 0 spiro atoms. The molecule has 0 bridgehead atoms. The van der Waals surface area contributed by atoms with Crippen LogP contribution in [-0.4, -0.2) is 50.7 Å². The Morgan fingerprint density at radius 2 is 2.29 bits per heavy atom. The average molecular weight is 290 g/mol. The van der Waals surface area contributed by atoms with Crippen molar-refractivity contribution < 1.29 is 14.7 Å². The van der Waals surface area contributed by atoms with Gasteiger partial charge in [0.1, 0.15) is 0 Å². The molecular weight excluding hydrogens is 276 g/mol. The number of anilines is 1. The van der Waals surface area contributed by atoms with Gasteiger partial charge in [-0.1, -0.05) is 5.21 Å². The van der Waals surface area contributed by atoms with Crippen LogP contribution in [0.25, 0.3) is 0 Å². The van der Waals surface area contributed by atoms with E-state index in [0.29, 0.717) is 18.8 Å². The van der Waals surface area contributed by atoms with Crippen molar-refractivity contribution >= 4 is 17.7 Å². The van der Waals surface area contributed by atoms with Crippen LogP contribution in [0.4, 0.5) is 10.5 Å². The van der Waals surface area contributed by atoms with Gasteiger partial charge < -0.3 is 10.4 Å². The summed E-state index contributed by atoms with van der Waals surface area (Å²) in [5, 5.41) is 18.5. The van der Waals surface area contributed by atoms with Gasteiger partial charge in [0.15, 0.2) is 5.69 Å². The Bertz CT molecular complexity index is 627. The largest absolute Gasteiger partial charge is 0.476 e. The van der Waals surface area contributed by atoms with Crippen molar-refractivity contribution in [2.24, 2.45) is 0 Å². The molecule has 2 aromatic rings. The van der Waals surface area contributed by atoms with E-state index in [0.717, 1.165) is 0 Å². The number of nitrogens with one attached hydrogen (secondary N) is 1. The Morgan fingerprint density at radius 1 is 1.48 bits per heavy atom. The first-order chi connectivity index (χ1) is 10.1. The first kappa shape index (κ1) is 14.4. The zero-order valence-electron chi connectivity index (χ0n) is 11.3. The Labute approximate surface area is 120 Å². The molecule has 0 saturated heterocycles. The molecule has 2 N–H and O–H groups in total. The van der Waals surface area contributed by atoms with Crippen LogP contribution >= 0.6 is 0 Å². The van der Waals surface area contributed by atoms with Gasteiger partial charge in [-0.15, -0.1) is 5.10 Å². The Kier molecular flexibility index (Phi) is 4.44. The zero-order valence-corrected chi connectivity index (χ0v) is 11.3. The fourth-order valence-corrected chi connectivity index (χ4v) is 1.57. The first-order valence-corrected chi connectivity index (χ1v) is 6.13. The summed E-state index contributed by atoms with van der Waals surface area (Å²) in [7, 11) is 1.63. The van der Waals surface area contributed by atoms with Gasteiger partial charge in [-0.05, 0) is 12.1 Å². The van der Waals surface area contributed by atoms with Gasteiger partial charge in [-0.2, -0.15) is 0 Å². The average Bonchev–Trinajstić information content (AvgIpc) is 2.96. The van der Waals surface area contributed by atoms with Gasteiger partial charge in [-0.25, -0.2) is 14.3 Å². The highest BCUT2D eigenvalue weighted by Crippen LogP contribution is 2.08. The molecular formula is C12H14N6O3. The van der Waals surface area contributed by atoms with Gasteiger partial charge in [0.25, 0.3) is 0 Å². The van der Waals surface area contributed by atoms with Crippen molar-refractivity contribution in [2.75, 3.05) is 18.5 Å². The molecule has 0 aliphatic heterocycles. The van der Waals surface area contributed by atoms with Crippen molar-refractivity contribution in [3.05, 3.63) is 36.4 Å². The lowest BCUT2D eigenvalue weighted by atomic mass is 10.4. The monoisotopic (exact) mass is 290 g/mol. The Hall–Kier alpha value is -2.97. The minimum absolute atomic E-state index is 0.131. The highest BCUT2D eigenvalue weighted by atomic mass is 16.4. The third-order valence-electron chi connectivity index (χ3n) is 2.71. The first-order valence-electron chi connectivity index (χ1n) is 6.13. The van der Waals surface area contributed by atoms with Gasteiger partial charge in [0.05, 0.1) is 24.6 Å². The number of amides is 2. The number of carboxylic acid groups (broad SMARTS) is 1. The molecule has 2 rings (SSSR count). The smallest absolute Gasteiger partial charge is 0.358 e. The second kappa shape index (κ2) is 6.46. The molecule has 9 heteroatoms. The lowest BCUT2D eigenvalue weighted by Gasteiger charge is -2.17. The van der Waals surface area contributed by atoms with Crippen LogP contribution < -0.4 is 10.2 Å². The summed E-state index contributed by atoms with van der Waals surface area (Å²) in [5.41, 5.74) is 0.540. The standard InChI is InChI=1S/C12H14N6O3/c1-17(9-3-2-4-13-7-9)12(21)14-5-6-18-8-10(11(19)20)15-16-18/h2-4,7-8H,5-6H2,1H3,(H,14,21)(H,19,20). The van der Waals surface area contributed by atoms with E-state index < -0.39 is 5.97 Å². The van der Waals surface area contributed by atoms with E-state index in [1.807, 2.05) is 0 Å². The maximum atomic E-state index is 11.9. The van der Waals surface area contributed by atoms with E-state index in [4.69, 9.17) is 5.11 Å². The van der Waals surface area contributed by atoms with Crippen LogP contribution in [0.15, 0.2) is 30.7 Å². The van der Waals surface area contributed by atoms with Crippen molar-refractivity contribution in [1.29, 1.82) is 0 Å². The number of carbonyl (C=O) groups is 2. The molecule has 0 radical (unpaired) electrons. The number of aromatic nitrogens is 4. The second-order valence-electron chi connectivity index (χ2n) is 4.17. The number of rotatable bonds is 5. The summed E-state index contributed by atoms with van der Waals surface area (Å²) in [5.74, 6) is -1.14. The molecule has 0 saturated carbocycles. The predicted octanol–water partition coefficient (Wildman–Crippen LogP) is 0.217. The number of aromatic carboxylic acids is 1. The zero-order chi connectivity index (χ0) is 15.2. The molecule has 2 heterocycles. The van der Waals surface area contributed by atoms with Crippen LogP contribution in [0.2, 0.25) is 0 Å². The summed E-state index contributed by atoms with van der Waals surface area (Å²) in [6.07, 6.45) is 4.51. The van der Waals surface area contributed by atoms with Crippen LogP contribution in [-0.2, 0) is 6.54 Å². The molecule has 21 heavy (non-hydrogen) atoms. The van der Waals surface area contributed by atoms with Crippen molar-refractivity contribution in [2.45, 2.75) is 6.54 Å². The predicted molar refractivity (Wildman–Crippen MR) is 73.0 cm³/mol. The van der Waals surface area contributed by atoms with Crippen LogP contribution in [0.3, 0.4) is 0 Å². The minimum Gasteiger partial charge on any atom is -0.476 e. The van der Waals surface area contributed by atoms with E-state index >= 15 is 0 Å². The summed E-state index contributed by atoms with van der Waals surface area (Å²) < 4.78 is 1.35. The molecule has 0 aliphatic rings. The number of carbonyl (C=O) groups excluding carboxylic acids is 1. The molecule has 0 fully saturated rings. The summed E-state index contributed by atoms with van der Waals surface area (Å²) in [6, 6.07) is 3.21. The molecule has 0 aliphatic carbocycles. The van der Waals surface area contributed by atoms with Gasteiger partial charge in [0, 0.05) is 19.8 Å². The molecule has 110 valence electrons. The highest BCUT2D eigenvalue weighted by molar-refractivity contribution is 5.91. The van der Waals surface area contributed by atoms with E-state index in [1.54, 1.807) is 31.6 Å². The highest BCUT2D eigenvalue weighted by Gasteiger charge is 2.11. The van der Waals surface area contributed by atoms with Crippen LogP contribution in [0.1, 0.15) is 10.5 Å². The topological polar surface area (TPSA) is 113 Å². The summed E-state index contributed by atoms with van der Waals surface area (Å²) in [6.45, 7) is 0.624. The van der Waals surface area contributed by atoms with Gasteiger partial charge >= 0.3 is 12.0 Å². The summed E-state index contributed by atoms with van der Waals surface area (Å²) in [4.78, 5) is 27.9. The van der Waals surface area contributed by atoms with E-state index in [-0.39, 0.29) is 11.7 Å². The molecule has 0 unspecified atom stereocenters. The molecule has 0 aromatic carbocycles. The Balaban J connectivity index is 1.82. The fraction of sp³-hybridized carbons (Fsp3) is 0.250. The van der Waals surface area contributed by atoms with E-state index in [2.05, 4.69) is 20.6 Å². The number of hydrogen-bond donors (Lipinski definition) is 2. The number of hydrogen-bond acceptors (Lipinski definition) is 5. The maximum absolute atomic E-state index is 11.9. The van der Waals surface area contributed by atoms with Gasteiger partial charge in [0.2, 0.25) is 0 Å². The minimum atomic E-state index is -1.14. The SMILES string of the molecule is CN(C(=O)NCCn1cc(C(=O)O)nn1)c1cccnc1. The Morgan fingerprint density at radius 3 is 2.90 bits per heavy atom. The molecule has 2 aromatic heterocycles. The number of pyridine rings is 1. The third-order valence-corrected chi connectivity index (χ3v) is 2.71. The quantitative estimate of drug-likeness (QED) is 0.814. The third kappa shape index (κ3) is 3.75. The van der Waals surface area contributed by atoms with Crippen molar-refractivity contribution in [3.63, 3.8) is 0 Å². The fourth-order valence-electron chi connectivity index (χ4n) is 1.57. The number of nitrogens with zero attached hydrogens (tertiary/aromatic N) is 5. The van der Waals surface area contributed by atoms with Crippen LogP contribution in [0, 0.1) is 0 Å². The van der Waals surface area contributed by atoms with Gasteiger partial charge in [-0.3, -0.25) is 9.88 Å². The second-order valence-corrected chi connectivity index (χ2v) is 4.17.